The number of fused-ring (bicyclic) bond motifs is 8. The Bertz CT molecular complexity index is 1360. The molecular weight excluding hydrogens is 564 g/mol. The lowest BCUT2D eigenvalue weighted by Gasteiger charge is -2.68. The lowest BCUT2D eigenvalue weighted by molar-refractivity contribution is -0.361. The van der Waals surface area contributed by atoms with Gasteiger partial charge in [0, 0.05) is 23.4 Å². The molecule has 3 aliphatic carbocycles. The summed E-state index contributed by atoms with van der Waals surface area (Å²) in [6.45, 7) is 12.5. The lowest BCUT2D eigenvalue weighted by atomic mass is 9.45. The van der Waals surface area contributed by atoms with Gasteiger partial charge in [-0.1, -0.05) is 39.0 Å². The topological polar surface area (TPSA) is 110 Å². The fraction of sp³-hybridized carbons (Fsp3) is 0.714. The van der Waals surface area contributed by atoms with Gasteiger partial charge >= 0.3 is 5.97 Å². The van der Waals surface area contributed by atoms with E-state index in [1.54, 1.807) is 24.3 Å². The molecule has 7 rings (SSSR count). The van der Waals surface area contributed by atoms with Gasteiger partial charge in [0.2, 0.25) is 0 Å². The Balaban J connectivity index is 1.50. The number of Topliss-reactive ketones (excluding diaryl/α,β-unsaturated/α-hetero) is 1. The highest BCUT2D eigenvalue weighted by molar-refractivity contribution is 5.99. The van der Waals surface area contributed by atoms with E-state index in [1.165, 1.54) is 0 Å². The monoisotopic (exact) mass is 610 g/mol. The van der Waals surface area contributed by atoms with Crippen LogP contribution in [0.5, 0.6) is 0 Å². The van der Waals surface area contributed by atoms with Crippen LogP contribution in [0.3, 0.4) is 0 Å². The van der Waals surface area contributed by atoms with Crippen LogP contribution >= 0.6 is 0 Å². The maximum atomic E-state index is 14.2. The summed E-state index contributed by atoms with van der Waals surface area (Å²) in [6, 6.07) is 8.84. The van der Waals surface area contributed by atoms with Crippen LogP contribution in [0, 0.1) is 16.7 Å². The second kappa shape index (κ2) is 10.2. The van der Waals surface area contributed by atoms with E-state index in [2.05, 4.69) is 6.92 Å². The van der Waals surface area contributed by atoms with Gasteiger partial charge in [0.1, 0.15) is 17.8 Å². The molecule has 0 amide bonds. The minimum Gasteiger partial charge on any atom is -0.451 e. The molecule has 0 radical (unpaired) electrons. The lowest BCUT2D eigenvalue weighted by Crippen LogP contribution is -2.79. The predicted molar refractivity (Wildman–Crippen MR) is 159 cm³/mol. The third kappa shape index (κ3) is 4.26. The van der Waals surface area contributed by atoms with Crippen molar-refractivity contribution in [1.82, 2.24) is 0 Å². The van der Waals surface area contributed by atoms with Gasteiger partial charge in [-0.25, -0.2) is 4.79 Å². The van der Waals surface area contributed by atoms with E-state index in [0.29, 0.717) is 37.0 Å². The molecule has 1 aromatic carbocycles. The molecule has 3 saturated heterocycles. The Kier molecular flexibility index (Phi) is 7.06. The highest BCUT2D eigenvalue weighted by Gasteiger charge is 2.76. The van der Waals surface area contributed by atoms with Crippen molar-refractivity contribution >= 4 is 11.8 Å². The molecule has 2 saturated carbocycles. The number of esters is 1. The minimum absolute atomic E-state index is 0.0961. The molecule has 0 spiro atoms. The number of aliphatic hydroxyl groups is 1. The summed E-state index contributed by atoms with van der Waals surface area (Å²) in [4.78, 5) is 28.4. The molecule has 3 heterocycles. The Morgan fingerprint density at radius 1 is 1.00 bits per heavy atom. The maximum absolute atomic E-state index is 14.2. The average molecular weight is 611 g/mol. The fourth-order valence-electron chi connectivity index (χ4n) is 9.47. The minimum atomic E-state index is -1.51. The Morgan fingerprint density at radius 3 is 2.41 bits per heavy atom. The molecule has 3 aliphatic heterocycles. The first-order valence-electron chi connectivity index (χ1n) is 16.2. The van der Waals surface area contributed by atoms with Crippen LogP contribution in [0.1, 0.15) is 90.4 Å². The summed E-state index contributed by atoms with van der Waals surface area (Å²) in [7, 11) is 0. The molecule has 1 unspecified atom stereocenters. The maximum Gasteiger partial charge on any atom is 0.338 e. The smallest absolute Gasteiger partial charge is 0.338 e. The van der Waals surface area contributed by atoms with Gasteiger partial charge < -0.3 is 33.5 Å². The highest BCUT2D eigenvalue weighted by Crippen LogP contribution is 2.67. The Labute approximate surface area is 259 Å². The molecule has 6 aliphatic rings. The van der Waals surface area contributed by atoms with E-state index in [4.69, 9.17) is 28.4 Å². The van der Waals surface area contributed by atoms with E-state index in [9.17, 15) is 14.7 Å². The molecule has 9 nitrogen and oxygen atoms in total. The van der Waals surface area contributed by atoms with Crippen LogP contribution in [0.15, 0.2) is 41.5 Å². The first-order chi connectivity index (χ1) is 20.7. The number of hydrogen-bond acceptors (Lipinski definition) is 9. The Morgan fingerprint density at radius 2 is 1.75 bits per heavy atom. The van der Waals surface area contributed by atoms with E-state index >= 15 is 0 Å². The third-order valence-corrected chi connectivity index (χ3v) is 11.8. The molecule has 2 bridgehead atoms. The van der Waals surface area contributed by atoms with Crippen molar-refractivity contribution in [2.45, 2.75) is 128 Å². The largest absolute Gasteiger partial charge is 0.451 e. The van der Waals surface area contributed by atoms with E-state index in [-0.39, 0.29) is 18.8 Å². The quantitative estimate of drug-likeness (QED) is 0.477. The standard InChI is InChI=1S/C35H46O9/c1-20-22(36)18-35(44-30(37)21-12-8-7-9-13-21)29(41-24-14-10-11-17-39-24)27-33(6,16-15-23-34(27,38)19-40-23)28-26(25(20)31(35,2)3)42-32(4,5)43-28/h7-9,12-13,23-24,26-29,38H,10-11,14-19H2,1-6H3/t23-,24?,26-,27+,28+,29+,33-,34+,35-/m1/s1. The van der Waals surface area contributed by atoms with Crippen LogP contribution in [0.2, 0.25) is 0 Å². The highest BCUT2D eigenvalue weighted by atomic mass is 16.8. The molecule has 1 N–H and O–H groups in total. The van der Waals surface area contributed by atoms with Gasteiger partial charge in [-0.3, -0.25) is 4.79 Å². The summed E-state index contributed by atoms with van der Waals surface area (Å²) in [5, 5.41) is 12.6. The number of hydrogen-bond donors (Lipinski definition) is 1. The van der Waals surface area contributed by atoms with Crippen molar-refractivity contribution in [2.24, 2.45) is 16.7 Å². The van der Waals surface area contributed by atoms with Crippen molar-refractivity contribution in [2.75, 3.05) is 13.2 Å². The van der Waals surface area contributed by atoms with Crippen molar-refractivity contribution in [3.05, 3.63) is 47.0 Å². The van der Waals surface area contributed by atoms with Crippen molar-refractivity contribution in [1.29, 1.82) is 0 Å². The van der Waals surface area contributed by atoms with Gasteiger partial charge in [-0.05, 0) is 76.2 Å². The molecule has 5 fully saturated rings. The zero-order chi connectivity index (χ0) is 31.3. The fourth-order valence-corrected chi connectivity index (χ4v) is 9.47. The van der Waals surface area contributed by atoms with Crippen LogP contribution in [0.25, 0.3) is 0 Å². The molecule has 9 atom stereocenters. The number of ether oxygens (including phenoxy) is 6. The number of benzene rings is 1. The van der Waals surface area contributed by atoms with E-state index in [0.717, 1.165) is 18.4 Å². The normalized spacial score (nSPS) is 43.9. The number of carbonyl (C=O) groups excluding carboxylic acids is 2. The summed E-state index contributed by atoms with van der Waals surface area (Å²) in [5.74, 6) is -2.26. The van der Waals surface area contributed by atoms with Gasteiger partial charge in [0.15, 0.2) is 23.5 Å². The van der Waals surface area contributed by atoms with Gasteiger partial charge in [-0.2, -0.15) is 0 Å². The van der Waals surface area contributed by atoms with Crippen LogP contribution in [0.4, 0.5) is 0 Å². The summed E-state index contributed by atoms with van der Waals surface area (Å²) < 4.78 is 39.5. The first kappa shape index (κ1) is 30.5. The van der Waals surface area contributed by atoms with E-state index in [1.807, 2.05) is 40.7 Å². The van der Waals surface area contributed by atoms with Gasteiger partial charge in [0.25, 0.3) is 0 Å². The number of rotatable bonds is 4. The molecule has 240 valence electrons. The van der Waals surface area contributed by atoms with Crippen molar-refractivity contribution < 1.29 is 43.1 Å². The second-order valence-electron chi connectivity index (χ2n) is 15.1. The van der Waals surface area contributed by atoms with Crippen LogP contribution in [-0.4, -0.2) is 77.8 Å². The molecule has 1 aromatic rings. The zero-order valence-corrected chi connectivity index (χ0v) is 26.7. The average Bonchev–Trinajstić information content (AvgIpc) is 3.30. The molecule has 44 heavy (non-hydrogen) atoms. The van der Waals surface area contributed by atoms with Crippen molar-refractivity contribution in [3.8, 4) is 0 Å². The Hall–Kier alpha value is -2.14. The molecule has 9 heteroatoms. The van der Waals surface area contributed by atoms with Crippen molar-refractivity contribution in [3.63, 3.8) is 0 Å². The second-order valence-corrected chi connectivity index (χ2v) is 15.1. The molecule has 0 aromatic heterocycles. The van der Waals surface area contributed by atoms with Crippen LogP contribution in [-0.2, 0) is 33.2 Å². The first-order valence-corrected chi connectivity index (χ1v) is 16.2. The number of carbonyl (C=O) groups is 2. The third-order valence-electron chi connectivity index (χ3n) is 11.8. The predicted octanol–water partition coefficient (Wildman–Crippen LogP) is 4.89. The number of ketones is 1. The molecular formula is C35H46O9. The van der Waals surface area contributed by atoms with Gasteiger partial charge in [-0.15, -0.1) is 0 Å². The number of allylic oxidation sites excluding steroid dienone is 1. The summed E-state index contributed by atoms with van der Waals surface area (Å²) >= 11 is 0. The summed E-state index contributed by atoms with van der Waals surface area (Å²) in [5.41, 5.74) is -2.72. The van der Waals surface area contributed by atoms with Crippen LogP contribution < -0.4 is 0 Å². The summed E-state index contributed by atoms with van der Waals surface area (Å²) in [6.07, 6.45) is 0.724. The zero-order valence-electron chi connectivity index (χ0n) is 26.7. The van der Waals surface area contributed by atoms with Gasteiger partial charge in [0.05, 0.1) is 30.8 Å². The SMILES string of the molecule is CC1=C2[C@H]3OC(C)(C)O[C@@H]3[C@]3(C)CC[C@H]4OC[C@@]4(O)[C@H]3[C@H](OC3CCCCO3)[C@](OC(=O)c3ccccc3)(CC1=O)C2(C)C. The van der Waals surface area contributed by atoms with E-state index < -0.39 is 70.4 Å².